The zero-order valence-corrected chi connectivity index (χ0v) is 8.75. The van der Waals surface area contributed by atoms with Crippen LogP contribution in [0.4, 0.5) is 0 Å². The fourth-order valence-corrected chi connectivity index (χ4v) is 2.07. The largest absolute Gasteiger partial charge is 0.469 e. The molecular formula is C10H19NO2. The molecule has 76 valence electrons. The van der Waals surface area contributed by atoms with Crippen LogP contribution in [0.25, 0.3) is 0 Å². The maximum Gasteiger partial charge on any atom is 0.310 e. The molecule has 1 heterocycles. The summed E-state index contributed by atoms with van der Waals surface area (Å²) in [6.45, 7) is 4.10. The van der Waals surface area contributed by atoms with Gasteiger partial charge in [-0.3, -0.25) is 4.79 Å². The first-order valence-corrected chi connectivity index (χ1v) is 4.95. The van der Waals surface area contributed by atoms with Crippen LogP contribution in [0.1, 0.15) is 19.8 Å². The molecule has 0 aromatic carbocycles. The quantitative estimate of drug-likeness (QED) is 0.604. The Bertz CT molecular complexity index is 182. The van der Waals surface area contributed by atoms with E-state index in [0.717, 1.165) is 25.9 Å². The van der Waals surface area contributed by atoms with E-state index in [9.17, 15) is 4.79 Å². The van der Waals surface area contributed by atoms with Crippen LogP contribution in [-0.2, 0) is 9.53 Å². The molecule has 0 radical (unpaired) electrons. The molecule has 0 N–H and O–H groups in total. The summed E-state index contributed by atoms with van der Waals surface area (Å²) in [6, 6.07) is 0. The third-order valence-electron chi connectivity index (χ3n) is 2.99. The van der Waals surface area contributed by atoms with Gasteiger partial charge in [-0.05, 0) is 25.9 Å². The molecule has 3 heteroatoms. The molecule has 0 aromatic heterocycles. The highest BCUT2D eigenvalue weighted by Crippen LogP contribution is 2.26. The van der Waals surface area contributed by atoms with Gasteiger partial charge in [0.05, 0.1) is 13.0 Å². The minimum absolute atomic E-state index is 0.0431. The third kappa shape index (κ3) is 2.44. The normalized spacial score (nSPS) is 30.1. The lowest BCUT2D eigenvalue weighted by Crippen LogP contribution is -2.42. The topological polar surface area (TPSA) is 29.5 Å². The van der Waals surface area contributed by atoms with Crippen LogP contribution in [0.5, 0.6) is 0 Å². The number of ether oxygens (including phenoxy) is 1. The van der Waals surface area contributed by atoms with Crippen LogP contribution in [0, 0.1) is 11.8 Å². The minimum atomic E-state index is -0.0431. The molecule has 0 aromatic rings. The lowest BCUT2D eigenvalue weighted by atomic mass is 9.84. The van der Waals surface area contributed by atoms with Crippen molar-refractivity contribution in [3.8, 4) is 0 Å². The van der Waals surface area contributed by atoms with Crippen LogP contribution >= 0.6 is 0 Å². The van der Waals surface area contributed by atoms with Crippen molar-refractivity contribution in [3.05, 3.63) is 0 Å². The second kappa shape index (κ2) is 4.61. The zero-order valence-electron chi connectivity index (χ0n) is 8.75. The Morgan fingerprint density at radius 3 is 2.85 bits per heavy atom. The molecule has 0 spiro atoms. The van der Waals surface area contributed by atoms with Crippen molar-refractivity contribution >= 4 is 5.97 Å². The second-order valence-electron chi connectivity index (χ2n) is 3.85. The van der Waals surface area contributed by atoms with E-state index < -0.39 is 0 Å². The van der Waals surface area contributed by atoms with Gasteiger partial charge in [0.25, 0.3) is 0 Å². The van der Waals surface area contributed by atoms with Gasteiger partial charge in [0.1, 0.15) is 0 Å². The summed E-state index contributed by atoms with van der Waals surface area (Å²) in [7, 11) is 3.53. The number of nitrogens with zero attached hydrogens (tertiary/aromatic N) is 1. The van der Waals surface area contributed by atoms with E-state index in [1.165, 1.54) is 7.11 Å². The van der Waals surface area contributed by atoms with Gasteiger partial charge in [-0.15, -0.1) is 0 Å². The monoisotopic (exact) mass is 185 g/mol. The fraction of sp³-hybridized carbons (Fsp3) is 0.900. The maximum atomic E-state index is 11.4. The summed E-state index contributed by atoms with van der Waals surface area (Å²) in [5, 5.41) is 0. The van der Waals surface area contributed by atoms with E-state index in [0.29, 0.717) is 5.92 Å². The average molecular weight is 185 g/mol. The molecule has 2 unspecified atom stereocenters. The predicted octanol–water partition coefficient (Wildman–Crippen LogP) is 1.14. The highest BCUT2D eigenvalue weighted by atomic mass is 16.5. The lowest BCUT2D eigenvalue weighted by Gasteiger charge is -2.34. The van der Waals surface area contributed by atoms with E-state index in [-0.39, 0.29) is 11.9 Å². The first kappa shape index (κ1) is 10.5. The molecule has 0 bridgehead atoms. The molecule has 1 rings (SSSR count). The molecule has 0 amide bonds. The average Bonchev–Trinajstić information content (AvgIpc) is 2.16. The number of likely N-dealkylation sites (tertiary alicyclic amines) is 1. The summed E-state index contributed by atoms with van der Waals surface area (Å²) >= 11 is 0. The zero-order chi connectivity index (χ0) is 9.84. The SMILES string of the molecule is CCC1CCN(C)CC1C(=O)OC. The van der Waals surface area contributed by atoms with Gasteiger partial charge in [0.15, 0.2) is 0 Å². The molecule has 1 aliphatic heterocycles. The minimum Gasteiger partial charge on any atom is -0.469 e. The highest BCUT2D eigenvalue weighted by molar-refractivity contribution is 5.73. The molecule has 1 aliphatic rings. The number of hydrogen-bond donors (Lipinski definition) is 0. The van der Waals surface area contributed by atoms with E-state index >= 15 is 0 Å². The number of esters is 1. The summed E-state index contributed by atoms with van der Waals surface area (Å²) in [6.07, 6.45) is 2.19. The summed E-state index contributed by atoms with van der Waals surface area (Å²) in [5.74, 6) is 0.566. The number of hydrogen-bond acceptors (Lipinski definition) is 3. The number of methoxy groups -OCH3 is 1. The van der Waals surface area contributed by atoms with Crippen LogP contribution in [0.2, 0.25) is 0 Å². The van der Waals surface area contributed by atoms with Crippen LogP contribution in [-0.4, -0.2) is 38.1 Å². The Balaban J connectivity index is 2.59. The van der Waals surface area contributed by atoms with Gasteiger partial charge in [-0.1, -0.05) is 13.3 Å². The standard InChI is InChI=1S/C10H19NO2/c1-4-8-5-6-11(2)7-9(8)10(12)13-3/h8-9H,4-7H2,1-3H3. The van der Waals surface area contributed by atoms with Gasteiger partial charge in [-0.25, -0.2) is 0 Å². The third-order valence-corrected chi connectivity index (χ3v) is 2.99. The van der Waals surface area contributed by atoms with Gasteiger partial charge in [0.2, 0.25) is 0 Å². The van der Waals surface area contributed by atoms with Crippen molar-refractivity contribution in [2.75, 3.05) is 27.2 Å². The predicted molar refractivity (Wildman–Crippen MR) is 51.4 cm³/mol. The number of piperidine rings is 1. The Kier molecular flexibility index (Phi) is 3.72. The van der Waals surface area contributed by atoms with E-state index in [2.05, 4.69) is 18.9 Å². The van der Waals surface area contributed by atoms with Crippen LogP contribution in [0.3, 0.4) is 0 Å². The Hall–Kier alpha value is -0.570. The van der Waals surface area contributed by atoms with Crippen LogP contribution < -0.4 is 0 Å². The molecular weight excluding hydrogens is 166 g/mol. The number of carbonyl (C=O) groups excluding carboxylic acids is 1. The molecule has 3 nitrogen and oxygen atoms in total. The van der Waals surface area contributed by atoms with Gasteiger partial charge >= 0.3 is 5.97 Å². The lowest BCUT2D eigenvalue weighted by molar-refractivity contribution is -0.149. The molecule has 1 saturated heterocycles. The summed E-state index contributed by atoms with van der Waals surface area (Å²) in [4.78, 5) is 13.6. The van der Waals surface area contributed by atoms with Gasteiger partial charge < -0.3 is 9.64 Å². The fourth-order valence-electron chi connectivity index (χ4n) is 2.07. The first-order valence-electron chi connectivity index (χ1n) is 4.95. The van der Waals surface area contributed by atoms with E-state index in [1.807, 2.05) is 0 Å². The molecule has 0 saturated carbocycles. The molecule has 0 aliphatic carbocycles. The Morgan fingerprint density at radius 2 is 2.31 bits per heavy atom. The van der Waals surface area contributed by atoms with Gasteiger partial charge in [0, 0.05) is 6.54 Å². The van der Waals surface area contributed by atoms with Crippen molar-refractivity contribution < 1.29 is 9.53 Å². The number of carbonyl (C=O) groups is 1. The maximum absolute atomic E-state index is 11.4. The van der Waals surface area contributed by atoms with Crippen molar-refractivity contribution in [2.24, 2.45) is 11.8 Å². The summed E-state index contributed by atoms with van der Waals surface area (Å²) < 4.78 is 4.80. The van der Waals surface area contributed by atoms with Crippen LogP contribution in [0.15, 0.2) is 0 Å². The molecule has 13 heavy (non-hydrogen) atoms. The van der Waals surface area contributed by atoms with Crippen molar-refractivity contribution in [3.63, 3.8) is 0 Å². The summed E-state index contributed by atoms with van der Waals surface area (Å²) in [5.41, 5.74) is 0. The van der Waals surface area contributed by atoms with E-state index in [4.69, 9.17) is 4.74 Å². The van der Waals surface area contributed by atoms with Gasteiger partial charge in [-0.2, -0.15) is 0 Å². The first-order chi connectivity index (χ1) is 6.19. The number of rotatable bonds is 2. The second-order valence-corrected chi connectivity index (χ2v) is 3.85. The van der Waals surface area contributed by atoms with Crippen molar-refractivity contribution in [2.45, 2.75) is 19.8 Å². The van der Waals surface area contributed by atoms with E-state index in [1.54, 1.807) is 0 Å². The molecule has 2 atom stereocenters. The smallest absolute Gasteiger partial charge is 0.310 e. The van der Waals surface area contributed by atoms with Crippen molar-refractivity contribution in [1.29, 1.82) is 0 Å². The van der Waals surface area contributed by atoms with Crippen molar-refractivity contribution in [1.82, 2.24) is 4.90 Å². The Labute approximate surface area is 80.1 Å². The highest BCUT2D eigenvalue weighted by Gasteiger charge is 2.32. The Morgan fingerprint density at radius 1 is 1.62 bits per heavy atom. The molecule has 1 fully saturated rings.